The van der Waals surface area contributed by atoms with Crippen molar-refractivity contribution in [1.82, 2.24) is 20.4 Å². The van der Waals surface area contributed by atoms with Crippen LogP contribution >= 0.6 is 0 Å². The molecule has 6 rings (SSSR count). The van der Waals surface area contributed by atoms with Crippen LogP contribution in [0.1, 0.15) is 46.8 Å². The summed E-state index contributed by atoms with van der Waals surface area (Å²) < 4.78 is 5.48. The molecule has 8 heteroatoms. The van der Waals surface area contributed by atoms with Crippen LogP contribution in [0.4, 0.5) is 0 Å². The maximum Gasteiger partial charge on any atom is 0.335 e. The third-order valence-corrected chi connectivity index (χ3v) is 8.31. The minimum atomic E-state index is -1.02. The Balaban J connectivity index is 1.31. The topological polar surface area (TPSA) is 112 Å². The first kappa shape index (κ1) is 28.3. The minimum absolute atomic E-state index is 0.0565. The first-order chi connectivity index (χ1) is 20.8. The van der Waals surface area contributed by atoms with Gasteiger partial charge in [0.25, 0.3) is 5.89 Å². The number of benzene rings is 4. The summed E-state index contributed by atoms with van der Waals surface area (Å²) in [5.74, 6) is -0.164. The fraction of sp³-hybridized carbons (Fsp3) is 0.229. The van der Waals surface area contributed by atoms with Crippen molar-refractivity contribution in [3.8, 4) is 28.6 Å². The number of phenols is 1. The number of hydrogen-bond acceptors (Lipinski definition) is 7. The van der Waals surface area contributed by atoms with Gasteiger partial charge in [-0.25, -0.2) is 4.79 Å². The molecule has 43 heavy (non-hydrogen) atoms. The first-order valence-corrected chi connectivity index (χ1v) is 14.4. The molecule has 0 saturated carbocycles. The lowest BCUT2D eigenvalue weighted by atomic mass is 9.74. The van der Waals surface area contributed by atoms with Gasteiger partial charge in [0, 0.05) is 48.3 Å². The second-order valence-electron chi connectivity index (χ2n) is 11.5. The molecule has 0 amide bonds. The number of rotatable bonds is 8. The lowest BCUT2D eigenvalue weighted by Crippen LogP contribution is -2.64. The van der Waals surface area contributed by atoms with E-state index in [1.165, 1.54) is 17.7 Å². The Labute approximate surface area is 250 Å². The molecule has 2 heterocycles. The zero-order valence-electron chi connectivity index (χ0n) is 24.1. The molecular weight excluding hydrogens is 540 g/mol. The Kier molecular flexibility index (Phi) is 7.80. The molecule has 8 nitrogen and oxygen atoms in total. The molecule has 0 radical (unpaired) electrons. The predicted molar refractivity (Wildman–Crippen MR) is 165 cm³/mol. The number of aromatic carboxylic acids is 1. The van der Waals surface area contributed by atoms with E-state index in [4.69, 9.17) is 4.52 Å². The number of hydrogen-bond donors (Lipinski definition) is 3. The minimum Gasteiger partial charge on any atom is -0.508 e. The number of aromatic hydroxyl groups is 1. The molecule has 0 spiro atoms. The molecule has 3 N–H and O–H groups in total. The Morgan fingerprint density at radius 3 is 2.49 bits per heavy atom. The molecule has 1 fully saturated rings. The molecule has 1 aliphatic rings. The van der Waals surface area contributed by atoms with Crippen molar-refractivity contribution in [2.75, 3.05) is 13.1 Å². The number of carboxylic acids is 1. The molecule has 218 valence electrons. The van der Waals surface area contributed by atoms with E-state index < -0.39 is 5.97 Å². The van der Waals surface area contributed by atoms with E-state index in [-0.39, 0.29) is 28.7 Å². The van der Waals surface area contributed by atoms with E-state index in [0.717, 1.165) is 36.3 Å². The standard InChI is InChI=1S/C35H34N4O4/c1-23-20-36-35(2,22-39(23)21-24-8-4-3-5-9-24)31(27-10-7-13-30(40)19-27)25-14-16-26(17-15-25)32-37-33(43-38-32)28-11-6-12-29(18-28)34(41)42/h3-19,23,31,36,40H,20-22H2,1-2H3,(H,41,42)/t23-,31-,35-/m1/s1. The van der Waals surface area contributed by atoms with Gasteiger partial charge in [0.05, 0.1) is 5.56 Å². The molecule has 5 aromatic rings. The van der Waals surface area contributed by atoms with Crippen LogP contribution in [-0.4, -0.2) is 55.9 Å². The highest BCUT2D eigenvalue weighted by Gasteiger charge is 2.42. The Bertz CT molecular complexity index is 1720. The van der Waals surface area contributed by atoms with Gasteiger partial charge in [0.2, 0.25) is 5.82 Å². The number of nitrogens with one attached hydrogen (secondary N) is 1. The maximum absolute atomic E-state index is 11.4. The van der Waals surface area contributed by atoms with E-state index in [2.05, 4.69) is 76.7 Å². The van der Waals surface area contributed by atoms with Crippen molar-refractivity contribution in [3.63, 3.8) is 0 Å². The Morgan fingerprint density at radius 1 is 0.977 bits per heavy atom. The predicted octanol–water partition coefficient (Wildman–Crippen LogP) is 6.19. The van der Waals surface area contributed by atoms with Crippen LogP contribution < -0.4 is 5.32 Å². The third kappa shape index (κ3) is 6.07. The fourth-order valence-electron chi connectivity index (χ4n) is 6.07. The average Bonchev–Trinajstić information content (AvgIpc) is 3.51. The van der Waals surface area contributed by atoms with E-state index in [1.54, 1.807) is 18.2 Å². The number of piperazine rings is 1. The zero-order chi connectivity index (χ0) is 30.0. The van der Waals surface area contributed by atoms with Crippen LogP contribution in [-0.2, 0) is 6.54 Å². The summed E-state index contributed by atoms with van der Waals surface area (Å²) >= 11 is 0. The third-order valence-electron chi connectivity index (χ3n) is 8.31. The van der Waals surface area contributed by atoms with Crippen molar-refractivity contribution >= 4 is 5.97 Å². The van der Waals surface area contributed by atoms with Crippen LogP contribution in [0.2, 0.25) is 0 Å². The summed E-state index contributed by atoms with van der Waals surface area (Å²) in [7, 11) is 0. The van der Waals surface area contributed by atoms with Gasteiger partial charge in [-0.2, -0.15) is 4.98 Å². The zero-order valence-corrected chi connectivity index (χ0v) is 24.1. The largest absolute Gasteiger partial charge is 0.508 e. The lowest BCUT2D eigenvalue weighted by molar-refractivity contribution is 0.0697. The van der Waals surface area contributed by atoms with Gasteiger partial charge in [-0.05, 0) is 60.9 Å². The smallest absolute Gasteiger partial charge is 0.335 e. The molecule has 0 unspecified atom stereocenters. The van der Waals surface area contributed by atoms with E-state index in [9.17, 15) is 15.0 Å². The monoisotopic (exact) mass is 574 g/mol. The molecule has 3 atom stereocenters. The van der Waals surface area contributed by atoms with Gasteiger partial charge in [-0.1, -0.05) is 78.0 Å². The van der Waals surface area contributed by atoms with E-state index in [1.807, 2.05) is 30.3 Å². The molecule has 4 aromatic carbocycles. The summed E-state index contributed by atoms with van der Waals surface area (Å²) in [6.45, 7) is 7.03. The highest BCUT2D eigenvalue weighted by Crippen LogP contribution is 2.39. The number of carbonyl (C=O) groups is 1. The molecule has 1 saturated heterocycles. The second kappa shape index (κ2) is 11.8. The molecule has 0 bridgehead atoms. The van der Waals surface area contributed by atoms with Gasteiger partial charge in [0.15, 0.2) is 0 Å². The summed E-state index contributed by atoms with van der Waals surface area (Å²) in [6.07, 6.45) is 0. The number of aromatic nitrogens is 2. The van der Waals surface area contributed by atoms with Crippen molar-refractivity contribution in [2.24, 2.45) is 0 Å². The van der Waals surface area contributed by atoms with Crippen LogP contribution in [0.5, 0.6) is 5.75 Å². The number of nitrogens with zero attached hydrogens (tertiary/aromatic N) is 3. The molecular formula is C35H34N4O4. The summed E-state index contributed by atoms with van der Waals surface area (Å²) in [6, 6.07) is 33.0. The number of phenolic OH excluding ortho intramolecular Hbond substituents is 1. The van der Waals surface area contributed by atoms with E-state index >= 15 is 0 Å². The molecule has 1 aromatic heterocycles. The van der Waals surface area contributed by atoms with Crippen LogP contribution in [0.25, 0.3) is 22.8 Å². The van der Waals surface area contributed by atoms with Crippen molar-refractivity contribution < 1.29 is 19.5 Å². The summed E-state index contributed by atoms with van der Waals surface area (Å²) in [4.78, 5) is 18.4. The van der Waals surface area contributed by atoms with Gasteiger partial charge >= 0.3 is 5.97 Å². The number of carboxylic acid groups (broad SMARTS) is 1. The highest BCUT2D eigenvalue weighted by molar-refractivity contribution is 5.89. The van der Waals surface area contributed by atoms with Crippen molar-refractivity contribution in [1.29, 1.82) is 0 Å². The normalized spacial score (nSPS) is 19.6. The van der Waals surface area contributed by atoms with Crippen LogP contribution in [0, 0.1) is 0 Å². The Hall–Kier alpha value is -4.79. The highest BCUT2D eigenvalue weighted by atomic mass is 16.5. The molecule has 0 aliphatic carbocycles. The van der Waals surface area contributed by atoms with Crippen molar-refractivity contribution in [3.05, 3.63) is 125 Å². The van der Waals surface area contributed by atoms with Crippen LogP contribution in [0.3, 0.4) is 0 Å². The molecule has 1 aliphatic heterocycles. The van der Waals surface area contributed by atoms with Gasteiger partial charge < -0.3 is 20.1 Å². The Morgan fingerprint density at radius 2 is 1.74 bits per heavy atom. The SMILES string of the molecule is C[C@@H]1CN[C@@](C)([C@H](c2ccc(-c3noc(-c4cccc(C(=O)O)c4)n3)cc2)c2cccc(O)c2)CN1Cc1ccccc1. The van der Waals surface area contributed by atoms with Crippen molar-refractivity contribution in [2.45, 2.75) is 37.9 Å². The quantitative estimate of drug-likeness (QED) is 0.201. The fourth-order valence-corrected chi connectivity index (χ4v) is 6.07. The van der Waals surface area contributed by atoms with Crippen LogP contribution in [0.15, 0.2) is 108 Å². The van der Waals surface area contributed by atoms with Gasteiger partial charge in [0.1, 0.15) is 5.75 Å². The second-order valence-corrected chi connectivity index (χ2v) is 11.5. The first-order valence-electron chi connectivity index (χ1n) is 14.4. The average molecular weight is 575 g/mol. The van der Waals surface area contributed by atoms with E-state index in [0.29, 0.717) is 17.4 Å². The lowest BCUT2D eigenvalue weighted by Gasteiger charge is -2.49. The maximum atomic E-state index is 11.4. The van der Waals surface area contributed by atoms with Gasteiger partial charge in [-0.15, -0.1) is 0 Å². The summed E-state index contributed by atoms with van der Waals surface area (Å²) in [5, 5.41) is 27.8. The van der Waals surface area contributed by atoms with Gasteiger partial charge in [-0.3, -0.25) is 4.90 Å². The summed E-state index contributed by atoms with van der Waals surface area (Å²) in [5.41, 5.74) is 4.56.